The third-order valence-electron chi connectivity index (χ3n) is 3.14. The van der Waals surface area contributed by atoms with Crippen molar-refractivity contribution in [2.75, 3.05) is 7.11 Å². The Bertz CT molecular complexity index is 889. The molecule has 114 valence electrons. The number of phenolic OH excluding ortho intramolecular Hbond substituents is 1. The lowest BCUT2D eigenvalue weighted by atomic mass is 10.1. The van der Waals surface area contributed by atoms with E-state index in [1.165, 1.54) is 24.5 Å². The van der Waals surface area contributed by atoms with Crippen molar-refractivity contribution in [1.82, 2.24) is 4.98 Å². The highest BCUT2D eigenvalue weighted by Gasteiger charge is 2.11. The van der Waals surface area contributed by atoms with Gasteiger partial charge in [0.05, 0.1) is 18.9 Å². The Morgan fingerprint density at radius 1 is 1.43 bits per heavy atom. The summed E-state index contributed by atoms with van der Waals surface area (Å²) in [5.74, 6) is 1.07. The molecule has 5 nitrogen and oxygen atoms in total. The topological polar surface area (TPSA) is 79.3 Å². The fourth-order valence-corrected chi connectivity index (χ4v) is 2.80. The van der Waals surface area contributed by atoms with Crippen LogP contribution in [0.15, 0.2) is 46.4 Å². The second-order valence-electron chi connectivity index (χ2n) is 4.62. The van der Waals surface area contributed by atoms with Gasteiger partial charge in [-0.15, -0.1) is 11.3 Å². The van der Waals surface area contributed by atoms with Gasteiger partial charge in [0.2, 0.25) is 0 Å². The summed E-state index contributed by atoms with van der Waals surface area (Å²) >= 11 is 1.37. The normalized spacial score (nSPS) is 11.2. The molecule has 0 atom stereocenters. The summed E-state index contributed by atoms with van der Waals surface area (Å²) in [6.45, 7) is 0. The van der Waals surface area contributed by atoms with Crippen molar-refractivity contribution in [1.29, 1.82) is 5.26 Å². The molecule has 0 fully saturated rings. The van der Waals surface area contributed by atoms with Crippen LogP contribution < -0.4 is 4.74 Å². The Kier molecular flexibility index (Phi) is 4.13. The molecular formula is C17H12N2O3S. The van der Waals surface area contributed by atoms with Gasteiger partial charge in [0, 0.05) is 5.38 Å². The highest BCUT2D eigenvalue weighted by molar-refractivity contribution is 7.11. The van der Waals surface area contributed by atoms with Crippen molar-refractivity contribution in [3.63, 3.8) is 0 Å². The van der Waals surface area contributed by atoms with Crippen LogP contribution in [0, 0.1) is 11.3 Å². The summed E-state index contributed by atoms with van der Waals surface area (Å²) in [6.07, 6.45) is 3.28. The molecule has 1 N–H and O–H groups in total. The smallest absolute Gasteiger partial charge is 0.161 e. The van der Waals surface area contributed by atoms with Crippen LogP contribution in [0.25, 0.3) is 23.1 Å². The van der Waals surface area contributed by atoms with Gasteiger partial charge in [0.15, 0.2) is 17.3 Å². The fraction of sp³-hybridized carbons (Fsp3) is 0.0588. The van der Waals surface area contributed by atoms with Crippen LogP contribution >= 0.6 is 11.3 Å². The van der Waals surface area contributed by atoms with Gasteiger partial charge in [0.1, 0.15) is 16.8 Å². The van der Waals surface area contributed by atoms with Crippen molar-refractivity contribution in [3.8, 4) is 29.0 Å². The summed E-state index contributed by atoms with van der Waals surface area (Å²) in [5.41, 5.74) is 1.87. The zero-order valence-electron chi connectivity index (χ0n) is 12.2. The Morgan fingerprint density at radius 2 is 2.30 bits per heavy atom. The van der Waals surface area contributed by atoms with Gasteiger partial charge < -0.3 is 14.3 Å². The molecule has 0 radical (unpaired) electrons. The van der Waals surface area contributed by atoms with Crippen molar-refractivity contribution >= 4 is 23.0 Å². The zero-order valence-corrected chi connectivity index (χ0v) is 13.0. The molecule has 3 rings (SSSR count). The summed E-state index contributed by atoms with van der Waals surface area (Å²) in [7, 11) is 1.48. The van der Waals surface area contributed by atoms with Crippen LogP contribution in [0.5, 0.6) is 11.5 Å². The highest BCUT2D eigenvalue weighted by Crippen LogP contribution is 2.30. The maximum atomic E-state index is 9.62. The van der Waals surface area contributed by atoms with Gasteiger partial charge in [-0.05, 0) is 35.9 Å². The third kappa shape index (κ3) is 3.10. The maximum Gasteiger partial charge on any atom is 0.161 e. The number of ether oxygens (including phenoxy) is 1. The number of hydrogen-bond donors (Lipinski definition) is 1. The number of nitriles is 1. The minimum Gasteiger partial charge on any atom is -0.504 e. The number of nitrogens with zero attached hydrogens (tertiary/aromatic N) is 2. The first-order valence-electron chi connectivity index (χ1n) is 6.70. The summed E-state index contributed by atoms with van der Waals surface area (Å²) in [5, 5.41) is 21.5. The Morgan fingerprint density at radius 3 is 3.00 bits per heavy atom. The molecule has 0 aliphatic carbocycles. The Hall–Kier alpha value is -3.04. The van der Waals surface area contributed by atoms with E-state index >= 15 is 0 Å². The van der Waals surface area contributed by atoms with Crippen molar-refractivity contribution in [2.45, 2.75) is 0 Å². The van der Waals surface area contributed by atoms with E-state index in [-0.39, 0.29) is 5.75 Å². The molecule has 0 saturated heterocycles. The second-order valence-corrected chi connectivity index (χ2v) is 5.47. The van der Waals surface area contributed by atoms with Gasteiger partial charge in [-0.3, -0.25) is 0 Å². The monoisotopic (exact) mass is 324 g/mol. The highest BCUT2D eigenvalue weighted by atomic mass is 32.1. The molecule has 23 heavy (non-hydrogen) atoms. The molecule has 2 aromatic heterocycles. The quantitative estimate of drug-likeness (QED) is 0.728. The number of phenols is 1. The lowest BCUT2D eigenvalue weighted by Gasteiger charge is -2.04. The maximum absolute atomic E-state index is 9.62. The molecule has 0 aliphatic heterocycles. The third-order valence-corrected chi connectivity index (χ3v) is 4.02. The van der Waals surface area contributed by atoms with Crippen molar-refractivity contribution < 1.29 is 14.3 Å². The molecule has 1 aromatic carbocycles. The van der Waals surface area contributed by atoms with E-state index in [0.29, 0.717) is 27.8 Å². The van der Waals surface area contributed by atoms with E-state index in [1.54, 1.807) is 30.5 Å². The van der Waals surface area contributed by atoms with E-state index < -0.39 is 0 Å². The van der Waals surface area contributed by atoms with Crippen LogP contribution in [0.1, 0.15) is 10.6 Å². The van der Waals surface area contributed by atoms with E-state index in [2.05, 4.69) is 11.1 Å². The molecule has 6 heteroatoms. The van der Waals surface area contributed by atoms with Crippen LogP contribution in [0.4, 0.5) is 0 Å². The van der Waals surface area contributed by atoms with Crippen molar-refractivity contribution in [2.24, 2.45) is 0 Å². The summed E-state index contributed by atoms with van der Waals surface area (Å²) in [6, 6.07) is 10.6. The molecule has 2 heterocycles. The molecule has 0 spiro atoms. The van der Waals surface area contributed by atoms with Gasteiger partial charge in [0.25, 0.3) is 0 Å². The lowest BCUT2D eigenvalue weighted by Crippen LogP contribution is -1.86. The average Bonchev–Trinajstić information content (AvgIpc) is 3.25. The number of rotatable bonds is 4. The summed E-state index contributed by atoms with van der Waals surface area (Å²) in [4.78, 5) is 4.43. The van der Waals surface area contributed by atoms with E-state index in [1.807, 2.05) is 11.4 Å². The average molecular weight is 324 g/mol. The van der Waals surface area contributed by atoms with E-state index in [0.717, 1.165) is 5.56 Å². The molecule has 3 aromatic rings. The number of benzene rings is 1. The molecule has 0 aliphatic rings. The Labute approximate surface area is 136 Å². The minimum absolute atomic E-state index is 0.0533. The fourth-order valence-electron chi connectivity index (χ4n) is 2.03. The standard InChI is InChI=1S/C17H12N2O3S/c1-21-16-8-11(4-5-14(16)20)7-12(9-18)17-19-13(10-23-17)15-3-2-6-22-15/h2-8,10,20H,1H3/b12-7+. The number of aromatic hydroxyl groups is 1. The number of hydrogen-bond acceptors (Lipinski definition) is 6. The van der Waals surface area contributed by atoms with Crippen LogP contribution in [0.2, 0.25) is 0 Å². The van der Waals surface area contributed by atoms with Crippen molar-refractivity contribution in [3.05, 3.63) is 52.5 Å². The van der Waals surface area contributed by atoms with Gasteiger partial charge in [-0.25, -0.2) is 4.98 Å². The number of methoxy groups -OCH3 is 1. The largest absolute Gasteiger partial charge is 0.504 e. The number of thiazole rings is 1. The second kappa shape index (κ2) is 6.38. The van der Waals surface area contributed by atoms with Crippen LogP contribution in [0.3, 0.4) is 0 Å². The number of aromatic nitrogens is 1. The van der Waals surface area contributed by atoms with E-state index in [4.69, 9.17) is 9.15 Å². The van der Waals surface area contributed by atoms with Gasteiger partial charge in [-0.1, -0.05) is 6.07 Å². The molecule has 0 unspecified atom stereocenters. The number of furan rings is 1. The van der Waals surface area contributed by atoms with Gasteiger partial charge >= 0.3 is 0 Å². The number of allylic oxidation sites excluding steroid dienone is 1. The first kappa shape index (κ1) is 14.9. The van der Waals surface area contributed by atoms with E-state index in [9.17, 15) is 10.4 Å². The van der Waals surface area contributed by atoms with Crippen LogP contribution in [-0.2, 0) is 0 Å². The zero-order chi connectivity index (χ0) is 16.2. The first-order chi connectivity index (χ1) is 11.2. The van der Waals surface area contributed by atoms with Gasteiger partial charge in [-0.2, -0.15) is 5.26 Å². The SMILES string of the molecule is COc1cc(/C=C(\C#N)c2nc(-c3ccco3)cs2)ccc1O. The van der Waals surface area contributed by atoms with Crippen LogP contribution in [-0.4, -0.2) is 17.2 Å². The minimum atomic E-state index is 0.0533. The molecule has 0 amide bonds. The first-order valence-corrected chi connectivity index (χ1v) is 7.58. The molecule has 0 bridgehead atoms. The summed E-state index contributed by atoms with van der Waals surface area (Å²) < 4.78 is 10.4. The molecule has 0 saturated carbocycles. The molecular weight excluding hydrogens is 312 g/mol. The predicted molar refractivity (Wildman–Crippen MR) is 88.0 cm³/mol. The predicted octanol–water partition coefficient (Wildman–Crippen LogP) is 4.18. The Balaban J connectivity index is 1.95. The lowest BCUT2D eigenvalue weighted by molar-refractivity contribution is 0.373.